The molecular weight excluding hydrogens is 304 g/mol. The van der Waals surface area contributed by atoms with E-state index in [0.29, 0.717) is 32.7 Å². The van der Waals surface area contributed by atoms with Gasteiger partial charge >= 0.3 is 0 Å². The summed E-state index contributed by atoms with van der Waals surface area (Å²) < 4.78 is 11.1. The van der Waals surface area contributed by atoms with E-state index in [9.17, 15) is 4.79 Å². The number of carbonyl (C=O) groups excluding carboxylic acids is 1. The van der Waals surface area contributed by atoms with Gasteiger partial charge < -0.3 is 20.1 Å². The lowest BCUT2D eigenvalue weighted by atomic mass is 10.1. The maximum absolute atomic E-state index is 11.5. The first-order chi connectivity index (χ1) is 10.2. The van der Waals surface area contributed by atoms with Crippen molar-refractivity contribution in [2.75, 3.05) is 33.4 Å². The Hall–Kier alpha value is -1.46. The zero-order chi connectivity index (χ0) is 15.5. The third kappa shape index (κ3) is 7.52. The molecule has 1 aromatic carbocycles. The molecule has 1 amide bonds. The topological polar surface area (TPSA) is 59.6 Å². The van der Waals surface area contributed by atoms with Crippen molar-refractivity contribution in [1.82, 2.24) is 10.6 Å². The molecule has 0 saturated carbocycles. The molecule has 0 bridgehead atoms. The predicted molar refractivity (Wildman–Crippen MR) is 91.3 cm³/mol. The summed E-state index contributed by atoms with van der Waals surface area (Å²) in [5.41, 5.74) is 1.12. The zero-order valence-electron chi connectivity index (χ0n) is 13.6. The highest BCUT2D eigenvalue weighted by molar-refractivity contribution is 5.85. The molecule has 1 aromatic rings. The van der Waals surface area contributed by atoms with Crippen molar-refractivity contribution >= 4 is 18.3 Å². The summed E-state index contributed by atoms with van der Waals surface area (Å²) in [6, 6.07) is 5.91. The Labute approximate surface area is 139 Å². The lowest BCUT2D eigenvalue weighted by Crippen LogP contribution is -2.28. The summed E-state index contributed by atoms with van der Waals surface area (Å²) in [6.07, 6.45) is 1.28. The summed E-state index contributed by atoms with van der Waals surface area (Å²) in [5, 5.41) is 5.86. The van der Waals surface area contributed by atoms with E-state index in [-0.39, 0.29) is 18.3 Å². The molecule has 5 nitrogen and oxygen atoms in total. The SMILES string of the molecule is CCOc1ccc(CCNC(=O)CCNC)cc1OCC.Cl. The van der Waals surface area contributed by atoms with Gasteiger partial charge in [0, 0.05) is 19.5 Å². The van der Waals surface area contributed by atoms with Gasteiger partial charge in [-0.2, -0.15) is 0 Å². The van der Waals surface area contributed by atoms with Crippen molar-refractivity contribution in [3.8, 4) is 11.5 Å². The minimum absolute atomic E-state index is 0. The second kappa shape index (κ2) is 12.1. The molecular formula is C16H27ClN2O3. The molecule has 0 saturated heterocycles. The molecule has 0 aliphatic heterocycles. The first kappa shape index (κ1) is 20.5. The molecule has 0 fully saturated rings. The summed E-state index contributed by atoms with van der Waals surface area (Å²) in [6.45, 7) is 6.44. The monoisotopic (exact) mass is 330 g/mol. The van der Waals surface area contributed by atoms with E-state index < -0.39 is 0 Å². The first-order valence-corrected chi connectivity index (χ1v) is 7.51. The fourth-order valence-electron chi connectivity index (χ4n) is 1.92. The Bertz CT molecular complexity index is 441. The lowest BCUT2D eigenvalue weighted by molar-refractivity contribution is -0.120. The Morgan fingerprint density at radius 3 is 2.41 bits per heavy atom. The number of hydrogen-bond acceptors (Lipinski definition) is 4. The number of amides is 1. The maximum atomic E-state index is 11.5. The molecule has 0 aliphatic rings. The molecule has 22 heavy (non-hydrogen) atoms. The van der Waals surface area contributed by atoms with E-state index in [0.717, 1.165) is 23.5 Å². The number of ether oxygens (including phenoxy) is 2. The highest BCUT2D eigenvalue weighted by Crippen LogP contribution is 2.28. The summed E-state index contributed by atoms with van der Waals surface area (Å²) in [7, 11) is 1.84. The van der Waals surface area contributed by atoms with Gasteiger partial charge in [-0.15, -0.1) is 12.4 Å². The molecule has 0 spiro atoms. The van der Waals surface area contributed by atoms with Gasteiger partial charge in [-0.1, -0.05) is 6.07 Å². The van der Waals surface area contributed by atoms with Gasteiger partial charge in [-0.25, -0.2) is 0 Å². The summed E-state index contributed by atoms with van der Waals surface area (Å²) >= 11 is 0. The molecule has 126 valence electrons. The summed E-state index contributed by atoms with van der Waals surface area (Å²) in [4.78, 5) is 11.5. The average Bonchev–Trinajstić information content (AvgIpc) is 2.48. The molecule has 1 rings (SSSR count). The standard InChI is InChI=1S/C16H26N2O3.ClH/c1-4-20-14-7-6-13(12-15(14)21-5-2)8-11-18-16(19)9-10-17-3;/h6-7,12,17H,4-5,8-11H2,1-3H3,(H,18,19);1H. The first-order valence-electron chi connectivity index (χ1n) is 7.51. The van der Waals surface area contributed by atoms with E-state index in [1.807, 2.05) is 39.1 Å². The van der Waals surface area contributed by atoms with E-state index in [1.54, 1.807) is 0 Å². The highest BCUT2D eigenvalue weighted by atomic mass is 35.5. The largest absolute Gasteiger partial charge is 0.490 e. The minimum atomic E-state index is 0. The molecule has 0 aliphatic carbocycles. The predicted octanol–water partition coefficient (Wildman–Crippen LogP) is 2.17. The van der Waals surface area contributed by atoms with Gasteiger partial charge in [-0.05, 0) is 45.0 Å². The van der Waals surface area contributed by atoms with Crippen LogP contribution in [0.25, 0.3) is 0 Å². The zero-order valence-corrected chi connectivity index (χ0v) is 14.4. The van der Waals surface area contributed by atoms with E-state index in [1.165, 1.54) is 0 Å². The third-order valence-electron chi connectivity index (χ3n) is 2.95. The van der Waals surface area contributed by atoms with Gasteiger partial charge in [0.1, 0.15) is 0 Å². The molecule has 2 N–H and O–H groups in total. The second-order valence-corrected chi connectivity index (χ2v) is 4.60. The molecule has 0 atom stereocenters. The molecule has 6 heteroatoms. The van der Waals surface area contributed by atoms with Gasteiger partial charge in [0.2, 0.25) is 5.91 Å². The Balaban J connectivity index is 0.00000441. The molecule has 0 unspecified atom stereocenters. The average molecular weight is 331 g/mol. The smallest absolute Gasteiger partial charge is 0.221 e. The van der Waals surface area contributed by atoms with Crippen LogP contribution in [0.4, 0.5) is 0 Å². The number of rotatable bonds is 10. The van der Waals surface area contributed by atoms with E-state index in [4.69, 9.17) is 9.47 Å². The van der Waals surface area contributed by atoms with Crippen LogP contribution in [0.2, 0.25) is 0 Å². The number of carbonyl (C=O) groups is 1. The van der Waals surface area contributed by atoms with Crippen LogP contribution >= 0.6 is 12.4 Å². The fraction of sp³-hybridized carbons (Fsp3) is 0.562. The van der Waals surface area contributed by atoms with Crippen LogP contribution in [0.3, 0.4) is 0 Å². The maximum Gasteiger partial charge on any atom is 0.221 e. The Kier molecular flexibility index (Phi) is 11.3. The third-order valence-corrected chi connectivity index (χ3v) is 2.95. The van der Waals surface area contributed by atoms with Crippen LogP contribution in [0.15, 0.2) is 18.2 Å². The van der Waals surface area contributed by atoms with Gasteiger partial charge in [0.15, 0.2) is 11.5 Å². The number of nitrogens with one attached hydrogen (secondary N) is 2. The van der Waals surface area contributed by atoms with E-state index in [2.05, 4.69) is 10.6 Å². The Morgan fingerprint density at radius 1 is 1.09 bits per heavy atom. The van der Waals surface area contributed by atoms with Crippen LogP contribution in [-0.2, 0) is 11.2 Å². The lowest BCUT2D eigenvalue weighted by Gasteiger charge is -2.12. The van der Waals surface area contributed by atoms with Crippen LogP contribution in [0.1, 0.15) is 25.8 Å². The number of benzene rings is 1. The molecule has 0 heterocycles. The second-order valence-electron chi connectivity index (χ2n) is 4.60. The van der Waals surface area contributed by atoms with Gasteiger partial charge in [0.05, 0.1) is 13.2 Å². The van der Waals surface area contributed by atoms with Crippen molar-refractivity contribution in [2.45, 2.75) is 26.7 Å². The van der Waals surface area contributed by atoms with Crippen LogP contribution in [0, 0.1) is 0 Å². The van der Waals surface area contributed by atoms with Gasteiger partial charge in [0.25, 0.3) is 0 Å². The fourth-order valence-corrected chi connectivity index (χ4v) is 1.92. The van der Waals surface area contributed by atoms with E-state index >= 15 is 0 Å². The quantitative estimate of drug-likeness (QED) is 0.690. The van der Waals surface area contributed by atoms with Gasteiger partial charge in [-0.3, -0.25) is 4.79 Å². The minimum Gasteiger partial charge on any atom is -0.490 e. The van der Waals surface area contributed by atoms with Crippen molar-refractivity contribution in [3.05, 3.63) is 23.8 Å². The van der Waals surface area contributed by atoms with Crippen molar-refractivity contribution in [3.63, 3.8) is 0 Å². The van der Waals surface area contributed by atoms with Crippen molar-refractivity contribution < 1.29 is 14.3 Å². The molecule has 0 aromatic heterocycles. The normalized spacial score (nSPS) is 9.77. The van der Waals surface area contributed by atoms with Crippen molar-refractivity contribution in [2.24, 2.45) is 0 Å². The molecule has 0 radical (unpaired) electrons. The van der Waals surface area contributed by atoms with Crippen molar-refractivity contribution in [1.29, 1.82) is 0 Å². The van der Waals surface area contributed by atoms with Crippen LogP contribution in [-0.4, -0.2) is 39.3 Å². The highest BCUT2D eigenvalue weighted by Gasteiger charge is 2.06. The summed E-state index contributed by atoms with van der Waals surface area (Å²) in [5.74, 6) is 1.60. The van der Waals surface area contributed by atoms with Crippen LogP contribution < -0.4 is 20.1 Å². The number of hydrogen-bond donors (Lipinski definition) is 2. The Morgan fingerprint density at radius 2 is 1.77 bits per heavy atom. The number of halogens is 1. The van der Waals surface area contributed by atoms with Crippen LogP contribution in [0.5, 0.6) is 11.5 Å².